The first-order chi connectivity index (χ1) is 11.1. The third kappa shape index (κ3) is 2.48. The van der Waals surface area contributed by atoms with Crippen molar-refractivity contribution in [1.29, 1.82) is 0 Å². The molecular formula is C16H14BrNO4S. The van der Waals surface area contributed by atoms with E-state index in [9.17, 15) is 8.42 Å². The van der Waals surface area contributed by atoms with Gasteiger partial charge in [0.2, 0.25) is 0 Å². The summed E-state index contributed by atoms with van der Waals surface area (Å²) >= 11 is 3.36. The SMILES string of the molecule is O=S(=O)(Nc1ccccc1Br)c1c2c(cc3c1OCC3)OCC2. The van der Waals surface area contributed by atoms with Gasteiger partial charge in [-0.2, -0.15) is 0 Å². The number of fused-ring (bicyclic) bond motifs is 2. The molecule has 23 heavy (non-hydrogen) atoms. The molecule has 7 heteroatoms. The highest BCUT2D eigenvalue weighted by atomic mass is 79.9. The summed E-state index contributed by atoms with van der Waals surface area (Å²) < 4.78 is 40.5. The second kappa shape index (κ2) is 5.42. The van der Waals surface area contributed by atoms with Gasteiger partial charge >= 0.3 is 0 Å². The molecule has 0 radical (unpaired) electrons. The van der Waals surface area contributed by atoms with E-state index in [1.165, 1.54) is 0 Å². The van der Waals surface area contributed by atoms with E-state index in [1.54, 1.807) is 18.2 Å². The van der Waals surface area contributed by atoms with E-state index in [-0.39, 0.29) is 4.90 Å². The van der Waals surface area contributed by atoms with Crippen molar-refractivity contribution in [2.75, 3.05) is 17.9 Å². The number of rotatable bonds is 3. The fourth-order valence-electron chi connectivity index (χ4n) is 2.97. The van der Waals surface area contributed by atoms with Crippen molar-refractivity contribution in [3.05, 3.63) is 45.9 Å². The van der Waals surface area contributed by atoms with Gasteiger partial charge < -0.3 is 9.47 Å². The number of halogens is 1. The van der Waals surface area contributed by atoms with Crippen molar-refractivity contribution in [3.63, 3.8) is 0 Å². The topological polar surface area (TPSA) is 64.6 Å². The molecule has 0 bridgehead atoms. The van der Waals surface area contributed by atoms with Crippen LogP contribution >= 0.6 is 15.9 Å². The third-order valence-corrected chi connectivity index (χ3v) is 6.14. The Morgan fingerprint density at radius 1 is 1.09 bits per heavy atom. The van der Waals surface area contributed by atoms with E-state index in [4.69, 9.17) is 9.47 Å². The van der Waals surface area contributed by atoms with Gasteiger partial charge in [0, 0.05) is 28.4 Å². The first-order valence-corrected chi connectivity index (χ1v) is 9.55. The second-order valence-electron chi connectivity index (χ2n) is 5.45. The average Bonchev–Trinajstić information content (AvgIpc) is 3.14. The van der Waals surface area contributed by atoms with Crippen LogP contribution in [0.2, 0.25) is 0 Å². The zero-order chi connectivity index (χ0) is 16.0. The quantitative estimate of drug-likeness (QED) is 0.866. The van der Waals surface area contributed by atoms with Crippen LogP contribution in [-0.2, 0) is 22.9 Å². The molecular weight excluding hydrogens is 382 g/mol. The molecule has 0 spiro atoms. The molecule has 0 saturated heterocycles. The molecule has 0 unspecified atom stereocenters. The minimum Gasteiger partial charge on any atom is -0.493 e. The minimum absolute atomic E-state index is 0.218. The van der Waals surface area contributed by atoms with Crippen molar-refractivity contribution >= 4 is 31.6 Å². The van der Waals surface area contributed by atoms with E-state index in [2.05, 4.69) is 20.7 Å². The molecule has 0 aromatic heterocycles. The summed E-state index contributed by atoms with van der Waals surface area (Å²) in [5.41, 5.74) is 2.08. The summed E-state index contributed by atoms with van der Waals surface area (Å²) in [7, 11) is -3.77. The van der Waals surface area contributed by atoms with E-state index >= 15 is 0 Å². The van der Waals surface area contributed by atoms with Gasteiger partial charge in [0.15, 0.2) is 0 Å². The van der Waals surface area contributed by atoms with Crippen LogP contribution < -0.4 is 14.2 Å². The van der Waals surface area contributed by atoms with Gasteiger partial charge in [-0.05, 0) is 34.1 Å². The summed E-state index contributed by atoms with van der Waals surface area (Å²) in [6.07, 6.45) is 1.27. The van der Waals surface area contributed by atoms with Crippen LogP contribution in [0.5, 0.6) is 11.5 Å². The number of benzene rings is 2. The molecule has 0 fully saturated rings. The molecule has 0 aliphatic carbocycles. The molecule has 2 aromatic rings. The predicted molar refractivity (Wildman–Crippen MR) is 89.8 cm³/mol. The smallest absolute Gasteiger partial charge is 0.266 e. The summed E-state index contributed by atoms with van der Waals surface area (Å²) in [4.78, 5) is 0.218. The Balaban J connectivity index is 1.86. The Kier molecular flexibility index (Phi) is 3.50. The molecule has 1 N–H and O–H groups in total. The summed E-state index contributed by atoms with van der Waals surface area (Å²) in [6.45, 7) is 0.992. The average molecular weight is 396 g/mol. The Labute approximate surface area is 142 Å². The van der Waals surface area contributed by atoms with E-state index in [0.29, 0.717) is 53.3 Å². The Morgan fingerprint density at radius 3 is 2.70 bits per heavy atom. The lowest BCUT2D eigenvalue weighted by atomic mass is 10.1. The number of ether oxygens (including phenoxy) is 2. The highest BCUT2D eigenvalue weighted by Gasteiger charge is 2.34. The first-order valence-electron chi connectivity index (χ1n) is 7.28. The zero-order valence-electron chi connectivity index (χ0n) is 12.1. The van der Waals surface area contributed by atoms with Crippen LogP contribution in [0, 0.1) is 0 Å². The van der Waals surface area contributed by atoms with Crippen LogP contribution in [0.15, 0.2) is 39.7 Å². The third-order valence-electron chi connectivity index (χ3n) is 3.99. The summed E-state index contributed by atoms with van der Waals surface area (Å²) in [5, 5.41) is 0. The lowest BCUT2D eigenvalue weighted by molar-refractivity contribution is 0.348. The fourth-order valence-corrected chi connectivity index (χ4v) is 5.01. The molecule has 4 rings (SSSR count). The fraction of sp³-hybridized carbons (Fsp3) is 0.250. The van der Waals surface area contributed by atoms with E-state index in [1.807, 2.05) is 12.1 Å². The second-order valence-corrected chi connectivity index (χ2v) is 7.93. The van der Waals surface area contributed by atoms with E-state index in [0.717, 1.165) is 5.56 Å². The number of nitrogens with one attached hydrogen (secondary N) is 1. The highest BCUT2D eigenvalue weighted by molar-refractivity contribution is 9.10. The zero-order valence-corrected chi connectivity index (χ0v) is 14.5. The number of hydrogen-bond acceptors (Lipinski definition) is 4. The van der Waals surface area contributed by atoms with Crippen molar-refractivity contribution < 1.29 is 17.9 Å². The van der Waals surface area contributed by atoms with Gasteiger partial charge in [-0.15, -0.1) is 0 Å². The van der Waals surface area contributed by atoms with Gasteiger partial charge in [0.1, 0.15) is 16.4 Å². The number of sulfonamides is 1. The minimum atomic E-state index is -3.77. The number of hydrogen-bond donors (Lipinski definition) is 1. The van der Waals surface area contributed by atoms with Crippen LogP contribution in [0.1, 0.15) is 11.1 Å². The molecule has 0 saturated carbocycles. The Hall–Kier alpha value is -1.73. The molecule has 0 amide bonds. The number of anilines is 1. The van der Waals surface area contributed by atoms with Crippen molar-refractivity contribution in [2.45, 2.75) is 17.7 Å². The summed E-state index contributed by atoms with van der Waals surface area (Å²) in [5.74, 6) is 1.12. The molecule has 0 atom stereocenters. The lowest BCUT2D eigenvalue weighted by Crippen LogP contribution is -2.16. The maximum absolute atomic E-state index is 13.0. The molecule has 2 aromatic carbocycles. The summed E-state index contributed by atoms with van der Waals surface area (Å²) in [6, 6.07) is 9.01. The largest absolute Gasteiger partial charge is 0.493 e. The lowest BCUT2D eigenvalue weighted by Gasteiger charge is -2.15. The maximum Gasteiger partial charge on any atom is 0.266 e. The molecule has 5 nitrogen and oxygen atoms in total. The molecule has 120 valence electrons. The molecule has 2 heterocycles. The van der Waals surface area contributed by atoms with Crippen molar-refractivity contribution in [3.8, 4) is 11.5 Å². The Morgan fingerprint density at radius 2 is 1.87 bits per heavy atom. The van der Waals surface area contributed by atoms with Gasteiger partial charge in [0.25, 0.3) is 10.0 Å². The molecule has 2 aliphatic rings. The van der Waals surface area contributed by atoms with Gasteiger partial charge in [-0.3, -0.25) is 4.72 Å². The Bertz CT molecular complexity index is 863. The van der Waals surface area contributed by atoms with Crippen LogP contribution in [0.25, 0.3) is 0 Å². The van der Waals surface area contributed by atoms with Crippen LogP contribution in [-0.4, -0.2) is 21.6 Å². The normalized spacial score (nSPS) is 15.5. The monoisotopic (exact) mass is 395 g/mol. The standard InChI is InChI=1S/C16H14BrNO4S/c17-12-3-1-2-4-13(12)18-23(19,20)16-11-6-8-21-14(11)9-10-5-7-22-15(10)16/h1-4,9,18H,5-8H2. The van der Waals surface area contributed by atoms with Gasteiger partial charge in [-0.1, -0.05) is 12.1 Å². The molecule has 2 aliphatic heterocycles. The maximum atomic E-state index is 13.0. The van der Waals surface area contributed by atoms with Crippen molar-refractivity contribution in [2.24, 2.45) is 0 Å². The number of para-hydroxylation sites is 1. The van der Waals surface area contributed by atoms with Crippen molar-refractivity contribution in [1.82, 2.24) is 0 Å². The van der Waals surface area contributed by atoms with Gasteiger partial charge in [-0.25, -0.2) is 8.42 Å². The van der Waals surface area contributed by atoms with Gasteiger partial charge in [0.05, 0.1) is 18.9 Å². The first kappa shape index (κ1) is 14.8. The predicted octanol–water partition coefficient (Wildman–Crippen LogP) is 3.12. The van der Waals surface area contributed by atoms with Crippen LogP contribution in [0.3, 0.4) is 0 Å². The van der Waals surface area contributed by atoms with E-state index < -0.39 is 10.0 Å². The highest BCUT2D eigenvalue weighted by Crippen LogP contribution is 2.43. The van der Waals surface area contributed by atoms with Crippen LogP contribution in [0.4, 0.5) is 5.69 Å².